The first-order valence-electron chi connectivity index (χ1n) is 8.49. The summed E-state index contributed by atoms with van der Waals surface area (Å²) in [6.07, 6.45) is 0. The molecule has 0 aliphatic heterocycles. The summed E-state index contributed by atoms with van der Waals surface area (Å²) in [5, 5.41) is 0. The van der Waals surface area contributed by atoms with Gasteiger partial charge in [0.25, 0.3) is 11.8 Å². The zero-order chi connectivity index (χ0) is 20.7. The number of nitrogens with one attached hydrogen (secondary N) is 2. The van der Waals surface area contributed by atoms with Gasteiger partial charge in [0.05, 0.1) is 26.9 Å². The summed E-state index contributed by atoms with van der Waals surface area (Å²) in [4.78, 5) is 24.5. The van der Waals surface area contributed by atoms with Crippen LogP contribution in [0.15, 0.2) is 30.3 Å². The summed E-state index contributed by atoms with van der Waals surface area (Å²) < 4.78 is 21.1. The minimum absolute atomic E-state index is 0.177. The Kier molecular flexibility index (Phi) is 7.08. The van der Waals surface area contributed by atoms with Crippen molar-refractivity contribution in [1.29, 1.82) is 0 Å². The van der Waals surface area contributed by atoms with E-state index in [0.717, 1.165) is 11.1 Å². The van der Waals surface area contributed by atoms with Gasteiger partial charge in [0.1, 0.15) is 11.5 Å². The van der Waals surface area contributed by atoms with E-state index in [1.807, 2.05) is 32.0 Å². The molecule has 8 nitrogen and oxygen atoms in total. The standard InChI is InChI=1S/C20H24N2O6/c1-12-7-6-8-13(2)19(12)28-11-18(23)21-22-20(24)14-9-16(26-4)17(27-5)10-15(14)25-3/h6-10H,11H2,1-5H3,(H,21,23)(H,22,24). The second-order valence-electron chi connectivity index (χ2n) is 5.92. The summed E-state index contributed by atoms with van der Waals surface area (Å²) in [7, 11) is 4.36. The number of carbonyl (C=O) groups excluding carboxylic acids is 2. The molecular formula is C20H24N2O6. The molecule has 0 heterocycles. The lowest BCUT2D eigenvalue weighted by Gasteiger charge is -2.15. The molecule has 0 aromatic heterocycles. The summed E-state index contributed by atoms with van der Waals surface area (Å²) in [5.74, 6) is 0.621. The largest absolute Gasteiger partial charge is 0.496 e. The van der Waals surface area contributed by atoms with Crippen LogP contribution in [-0.4, -0.2) is 39.8 Å². The fourth-order valence-electron chi connectivity index (χ4n) is 2.60. The van der Waals surface area contributed by atoms with Crippen molar-refractivity contribution >= 4 is 11.8 Å². The van der Waals surface area contributed by atoms with E-state index in [2.05, 4.69) is 10.9 Å². The number of hydrogen-bond donors (Lipinski definition) is 2. The van der Waals surface area contributed by atoms with Crippen LogP contribution in [0.5, 0.6) is 23.0 Å². The molecule has 0 aliphatic rings. The van der Waals surface area contributed by atoms with Crippen LogP contribution < -0.4 is 29.8 Å². The molecule has 0 unspecified atom stereocenters. The van der Waals surface area contributed by atoms with E-state index in [9.17, 15) is 9.59 Å². The van der Waals surface area contributed by atoms with Crippen LogP contribution in [0.3, 0.4) is 0 Å². The minimum Gasteiger partial charge on any atom is -0.496 e. The highest BCUT2D eigenvalue weighted by Crippen LogP contribution is 2.34. The average molecular weight is 388 g/mol. The summed E-state index contributed by atoms with van der Waals surface area (Å²) in [6, 6.07) is 8.69. The maximum atomic E-state index is 12.4. The first-order chi connectivity index (χ1) is 13.4. The minimum atomic E-state index is -0.571. The van der Waals surface area contributed by atoms with Crippen LogP contribution in [-0.2, 0) is 4.79 Å². The Bertz CT molecular complexity index is 846. The van der Waals surface area contributed by atoms with Gasteiger partial charge in [0.15, 0.2) is 18.1 Å². The van der Waals surface area contributed by atoms with E-state index < -0.39 is 11.8 Å². The Labute approximate surface area is 163 Å². The van der Waals surface area contributed by atoms with E-state index in [-0.39, 0.29) is 17.9 Å². The molecule has 2 N–H and O–H groups in total. The number of para-hydroxylation sites is 1. The van der Waals surface area contributed by atoms with Crippen molar-refractivity contribution in [3.05, 3.63) is 47.0 Å². The number of hydrazine groups is 1. The van der Waals surface area contributed by atoms with Crippen molar-refractivity contribution in [2.75, 3.05) is 27.9 Å². The maximum Gasteiger partial charge on any atom is 0.276 e. The van der Waals surface area contributed by atoms with E-state index in [4.69, 9.17) is 18.9 Å². The molecule has 0 radical (unpaired) electrons. The van der Waals surface area contributed by atoms with Crippen molar-refractivity contribution in [3.8, 4) is 23.0 Å². The van der Waals surface area contributed by atoms with Crippen molar-refractivity contribution in [2.24, 2.45) is 0 Å². The number of carbonyl (C=O) groups is 2. The monoisotopic (exact) mass is 388 g/mol. The van der Waals surface area contributed by atoms with Crippen LogP contribution in [0.2, 0.25) is 0 Å². The third kappa shape index (κ3) is 4.85. The second kappa shape index (κ2) is 9.50. The topological polar surface area (TPSA) is 95.1 Å². The van der Waals surface area contributed by atoms with Crippen LogP contribution in [0.1, 0.15) is 21.5 Å². The average Bonchev–Trinajstić information content (AvgIpc) is 2.70. The molecule has 2 rings (SSSR count). The molecule has 0 bridgehead atoms. The zero-order valence-corrected chi connectivity index (χ0v) is 16.5. The highest BCUT2D eigenvalue weighted by molar-refractivity contribution is 5.98. The van der Waals surface area contributed by atoms with Gasteiger partial charge in [-0.3, -0.25) is 20.4 Å². The first-order valence-corrected chi connectivity index (χ1v) is 8.49. The number of amides is 2. The van der Waals surface area contributed by atoms with Crippen LogP contribution >= 0.6 is 0 Å². The van der Waals surface area contributed by atoms with Crippen molar-refractivity contribution in [2.45, 2.75) is 13.8 Å². The summed E-state index contributed by atoms with van der Waals surface area (Å²) >= 11 is 0. The molecule has 2 aromatic carbocycles. The van der Waals surface area contributed by atoms with E-state index in [1.54, 1.807) is 0 Å². The lowest BCUT2D eigenvalue weighted by atomic mass is 10.1. The smallest absolute Gasteiger partial charge is 0.276 e. The Morgan fingerprint density at radius 3 is 2.00 bits per heavy atom. The highest BCUT2D eigenvalue weighted by atomic mass is 16.5. The first kappa shape index (κ1) is 20.9. The highest BCUT2D eigenvalue weighted by Gasteiger charge is 2.18. The summed E-state index contributed by atoms with van der Waals surface area (Å²) in [6.45, 7) is 3.55. The third-order valence-electron chi connectivity index (χ3n) is 4.02. The SMILES string of the molecule is COc1cc(OC)c(C(=O)NNC(=O)COc2c(C)cccc2C)cc1OC. The van der Waals surface area contributed by atoms with Gasteiger partial charge in [-0.1, -0.05) is 18.2 Å². The molecule has 28 heavy (non-hydrogen) atoms. The Hall–Kier alpha value is -3.42. The molecule has 0 saturated heterocycles. The molecule has 0 saturated carbocycles. The van der Waals surface area contributed by atoms with Crippen molar-refractivity contribution in [3.63, 3.8) is 0 Å². The summed E-state index contributed by atoms with van der Waals surface area (Å²) in [5.41, 5.74) is 6.67. The van der Waals surface area contributed by atoms with Gasteiger partial charge in [-0.25, -0.2) is 0 Å². The van der Waals surface area contributed by atoms with E-state index in [0.29, 0.717) is 17.2 Å². The molecule has 0 fully saturated rings. The molecule has 2 aromatic rings. The van der Waals surface area contributed by atoms with Crippen molar-refractivity contribution < 1.29 is 28.5 Å². The van der Waals surface area contributed by atoms with Crippen molar-refractivity contribution in [1.82, 2.24) is 10.9 Å². The third-order valence-corrected chi connectivity index (χ3v) is 4.02. The van der Waals surface area contributed by atoms with Gasteiger partial charge >= 0.3 is 0 Å². The Morgan fingerprint density at radius 1 is 0.857 bits per heavy atom. The van der Waals surface area contributed by atoms with Crippen LogP contribution in [0.25, 0.3) is 0 Å². The lowest BCUT2D eigenvalue weighted by molar-refractivity contribution is -0.123. The molecule has 0 atom stereocenters. The number of hydrogen-bond acceptors (Lipinski definition) is 6. The van der Waals surface area contributed by atoms with Gasteiger partial charge in [0, 0.05) is 12.1 Å². The fraction of sp³-hybridized carbons (Fsp3) is 0.300. The Morgan fingerprint density at radius 2 is 1.43 bits per heavy atom. The molecule has 0 spiro atoms. The molecular weight excluding hydrogens is 364 g/mol. The van der Waals surface area contributed by atoms with Crippen LogP contribution in [0.4, 0.5) is 0 Å². The molecule has 8 heteroatoms. The predicted octanol–water partition coefficient (Wildman–Crippen LogP) is 2.17. The fourth-order valence-corrected chi connectivity index (χ4v) is 2.60. The lowest BCUT2D eigenvalue weighted by Crippen LogP contribution is -2.44. The normalized spacial score (nSPS) is 10.0. The van der Waals surface area contributed by atoms with E-state index in [1.165, 1.54) is 33.5 Å². The molecule has 150 valence electrons. The maximum absolute atomic E-state index is 12.4. The molecule has 0 aliphatic carbocycles. The van der Waals surface area contributed by atoms with Gasteiger partial charge in [-0.15, -0.1) is 0 Å². The number of rotatable bonds is 7. The van der Waals surface area contributed by atoms with Gasteiger partial charge in [-0.05, 0) is 25.0 Å². The van der Waals surface area contributed by atoms with Gasteiger partial charge in [0.2, 0.25) is 0 Å². The van der Waals surface area contributed by atoms with E-state index >= 15 is 0 Å². The number of aryl methyl sites for hydroxylation is 2. The molecule has 2 amide bonds. The number of methoxy groups -OCH3 is 3. The number of ether oxygens (including phenoxy) is 4. The Balaban J connectivity index is 2.00. The second-order valence-corrected chi connectivity index (χ2v) is 5.92. The van der Waals surface area contributed by atoms with Gasteiger partial charge < -0.3 is 18.9 Å². The number of benzene rings is 2. The quantitative estimate of drug-likeness (QED) is 0.706. The van der Waals surface area contributed by atoms with Crippen LogP contribution in [0, 0.1) is 13.8 Å². The predicted molar refractivity (Wildman–Crippen MR) is 103 cm³/mol. The van der Waals surface area contributed by atoms with Gasteiger partial charge in [-0.2, -0.15) is 0 Å². The zero-order valence-electron chi connectivity index (χ0n) is 16.5.